The molecule has 0 fully saturated rings. The number of allylic oxidation sites excluding steroid dienone is 1. The summed E-state index contributed by atoms with van der Waals surface area (Å²) in [4.78, 5) is 22.1. The molecule has 0 N–H and O–H groups in total. The van der Waals surface area contributed by atoms with Gasteiger partial charge in [-0.25, -0.2) is 4.79 Å². The molecule has 0 amide bonds. The highest BCUT2D eigenvalue weighted by atomic mass is 16.5. The first-order valence-corrected chi connectivity index (χ1v) is 6.20. The Balaban J connectivity index is 2.06. The Bertz CT molecular complexity index is 622. The molecule has 0 bridgehead atoms. The monoisotopic (exact) mass is 266 g/mol. The number of ether oxygens (including phenoxy) is 1. The van der Waals surface area contributed by atoms with Gasteiger partial charge in [-0.3, -0.25) is 4.79 Å². The normalized spacial score (nSPS) is 10.4. The highest BCUT2D eigenvalue weighted by molar-refractivity contribution is 5.91. The third-order valence-electron chi connectivity index (χ3n) is 2.75. The zero-order chi connectivity index (χ0) is 14.4. The molecule has 0 heterocycles. The van der Waals surface area contributed by atoms with Crippen molar-refractivity contribution in [2.24, 2.45) is 0 Å². The molecule has 0 aliphatic heterocycles. The summed E-state index contributed by atoms with van der Waals surface area (Å²) in [5.41, 5.74) is 2.47. The summed E-state index contributed by atoms with van der Waals surface area (Å²) >= 11 is 0. The summed E-state index contributed by atoms with van der Waals surface area (Å²) in [5, 5.41) is 0. The van der Waals surface area contributed by atoms with Crippen molar-refractivity contribution in [1.29, 1.82) is 0 Å². The number of aldehydes is 1. The van der Waals surface area contributed by atoms with Gasteiger partial charge in [-0.05, 0) is 42.8 Å². The van der Waals surface area contributed by atoms with Crippen molar-refractivity contribution in [1.82, 2.24) is 0 Å². The van der Waals surface area contributed by atoms with Crippen molar-refractivity contribution in [3.63, 3.8) is 0 Å². The molecule has 0 atom stereocenters. The van der Waals surface area contributed by atoms with Gasteiger partial charge in [0.2, 0.25) is 0 Å². The van der Waals surface area contributed by atoms with Gasteiger partial charge in [0.05, 0.1) is 5.56 Å². The molecule has 2 aromatic rings. The molecule has 3 nitrogen and oxygen atoms in total. The number of carbonyl (C=O) groups is 2. The zero-order valence-corrected chi connectivity index (χ0v) is 11.1. The molecule has 0 aliphatic carbocycles. The minimum absolute atomic E-state index is 0.388. The van der Waals surface area contributed by atoms with Gasteiger partial charge in [-0.15, -0.1) is 0 Å². The predicted octanol–water partition coefficient (Wildman–Crippen LogP) is 3.43. The van der Waals surface area contributed by atoms with E-state index in [1.807, 2.05) is 19.1 Å². The van der Waals surface area contributed by atoms with E-state index in [0.717, 1.165) is 11.1 Å². The van der Waals surface area contributed by atoms with E-state index < -0.39 is 0 Å². The second-order valence-electron chi connectivity index (χ2n) is 4.32. The third kappa shape index (κ3) is 3.65. The Morgan fingerprint density at radius 2 is 1.65 bits per heavy atom. The molecule has 0 unspecified atom stereocenters. The number of hydrogen-bond acceptors (Lipinski definition) is 3. The van der Waals surface area contributed by atoms with Crippen LogP contribution in [0.25, 0.3) is 6.08 Å². The lowest BCUT2D eigenvalue weighted by molar-refractivity contribution is -0.104. The van der Waals surface area contributed by atoms with E-state index in [9.17, 15) is 9.59 Å². The van der Waals surface area contributed by atoms with E-state index in [4.69, 9.17) is 4.74 Å². The van der Waals surface area contributed by atoms with Gasteiger partial charge in [0, 0.05) is 0 Å². The molecule has 0 spiro atoms. The number of rotatable bonds is 4. The van der Waals surface area contributed by atoms with Crippen LogP contribution in [0.5, 0.6) is 5.75 Å². The van der Waals surface area contributed by atoms with E-state index in [2.05, 4.69) is 0 Å². The molecule has 3 heteroatoms. The van der Waals surface area contributed by atoms with Crippen LogP contribution in [0.1, 0.15) is 21.5 Å². The Hall–Kier alpha value is -2.68. The first-order valence-electron chi connectivity index (χ1n) is 6.20. The highest BCUT2D eigenvalue weighted by Crippen LogP contribution is 2.15. The van der Waals surface area contributed by atoms with Crippen molar-refractivity contribution in [3.8, 4) is 5.75 Å². The Morgan fingerprint density at radius 1 is 1.00 bits per heavy atom. The highest BCUT2D eigenvalue weighted by Gasteiger charge is 2.07. The van der Waals surface area contributed by atoms with E-state index in [1.54, 1.807) is 42.5 Å². The fourth-order valence-electron chi connectivity index (χ4n) is 1.65. The summed E-state index contributed by atoms with van der Waals surface area (Å²) in [5.74, 6) is 0.0833. The van der Waals surface area contributed by atoms with Crippen LogP contribution in [-0.2, 0) is 4.79 Å². The average molecular weight is 266 g/mol. The van der Waals surface area contributed by atoms with Crippen LogP contribution in [0, 0.1) is 6.92 Å². The average Bonchev–Trinajstić information content (AvgIpc) is 2.47. The van der Waals surface area contributed by atoms with Gasteiger partial charge in [0.25, 0.3) is 0 Å². The number of esters is 1. The molecule has 0 saturated carbocycles. The van der Waals surface area contributed by atoms with E-state index >= 15 is 0 Å². The standard InChI is InChI=1S/C17H14O3/c1-13-4-8-15(9-5-13)17(19)20-16-10-6-14(7-11-16)3-2-12-18/h2-12H,1H3/b3-2+. The number of aryl methyl sites for hydroxylation is 1. The van der Waals surface area contributed by atoms with Gasteiger partial charge in [-0.1, -0.05) is 35.9 Å². The molecular formula is C17H14O3. The maximum atomic E-state index is 11.9. The molecule has 100 valence electrons. The van der Waals surface area contributed by atoms with Crippen LogP contribution in [-0.4, -0.2) is 12.3 Å². The number of carbonyl (C=O) groups excluding carboxylic acids is 2. The van der Waals surface area contributed by atoms with Gasteiger partial charge in [0.1, 0.15) is 12.0 Å². The molecule has 2 aromatic carbocycles. The predicted molar refractivity (Wildman–Crippen MR) is 77.7 cm³/mol. The van der Waals surface area contributed by atoms with E-state index in [0.29, 0.717) is 17.6 Å². The molecule has 2 rings (SSSR count). The SMILES string of the molecule is Cc1ccc(C(=O)Oc2ccc(/C=C/C=O)cc2)cc1. The van der Waals surface area contributed by atoms with Crippen molar-refractivity contribution in [3.05, 3.63) is 71.3 Å². The van der Waals surface area contributed by atoms with E-state index in [-0.39, 0.29) is 5.97 Å². The van der Waals surface area contributed by atoms with Gasteiger partial charge < -0.3 is 4.74 Å². The molecule has 0 aliphatic rings. The third-order valence-corrected chi connectivity index (χ3v) is 2.75. The van der Waals surface area contributed by atoms with E-state index in [1.165, 1.54) is 6.08 Å². The smallest absolute Gasteiger partial charge is 0.343 e. The van der Waals surface area contributed by atoms with Crippen LogP contribution in [0.3, 0.4) is 0 Å². The Kier molecular flexibility index (Phi) is 4.45. The van der Waals surface area contributed by atoms with Crippen LogP contribution < -0.4 is 4.74 Å². The van der Waals surface area contributed by atoms with Crippen LogP contribution in [0.2, 0.25) is 0 Å². The summed E-state index contributed by atoms with van der Waals surface area (Å²) in [6.07, 6.45) is 3.80. The fourth-order valence-corrected chi connectivity index (χ4v) is 1.65. The van der Waals surface area contributed by atoms with Crippen LogP contribution >= 0.6 is 0 Å². The first kappa shape index (κ1) is 13.7. The molecule has 20 heavy (non-hydrogen) atoms. The lowest BCUT2D eigenvalue weighted by Crippen LogP contribution is -2.08. The molecule has 0 radical (unpaired) electrons. The summed E-state index contributed by atoms with van der Waals surface area (Å²) in [6.45, 7) is 1.96. The number of benzene rings is 2. The first-order chi connectivity index (χ1) is 9.69. The quantitative estimate of drug-likeness (QED) is 0.368. The van der Waals surface area contributed by atoms with Crippen LogP contribution in [0.15, 0.2) is 54.6 Å². The van der Waals surface area contributed by atoms with Crippen molar-refractivity contribution in [2.75, 3.05) is 0 Å². The maximum Gasteiger partial charge on any atom is 0.343 e. The molecule has 0 aromatic heterocycles. The topological polar surface area (TPSA) is 43.4 Å². The number of hydrogen-bond donors (Lipinski definition) is 0. The summed E-state index contributed by atoms with van der Waals surface area (Å²) in [7, 11) is 0. The van der Waals surface area contributed by atoms with Crippen molar-refractivity contribution < 1.29 is 14.3 Å². The maximum absolute atomic E-state index is 11.9. The zero-order valence-electron chi connectivity index (χ0n) is 11.1. The lowest BCUT2D eigenvalue weighted by atomic mass is 10.1. The Morgan fingerprint density at radius 3 is 2.25 bits per heavy atom. The van der Waals surface area contributed by atoms with Crippen molar-refractivity contribution in [2.45, 2.75) is 6.92 Å². The molecule has 0 saturated heterocycles. The summed E-state index contributed by atoms with van der Waals surface area (Å²) < 4.78 is 5.27. The summed E-state index contributed by atoms with van der Waals surface area (Å²) in [6, 6.07) is 14.1. The molecular weight excluding hydrogens is 252 g/mol. The second kappa shape index (κ2) is 6.48. The second-order valence-corrected chi connectivity index (χ2v) is 4.32. The lowest BCUT2D eigenvalue weighted by Gasteiger charge is -2.05. The van der Waals surface area contributed by atoms with Crippen LogP contribution in [0.4, 0.5) is 0 Å². The Labute approximate surface area is 117 Å². The fraction of sp³-hybridized carbons (Fsp3) is 0.0588. The van der Waals surface area contributed by atoms with Crippen molar-refractivity contribution >= 4 is 18.3 Å². The minimum Gasteiger partial charge on any atom is -0.423 e. The minimum atomic E-state index is -0.388. The van der Waals surface area contributed by atoms with Gasteiger partial charge in [0.15, 0.2) is 0 Å². The van der Waals surface area contributed by atoms with Gasteiger partial charge in [-0.2, -0.15) is 0 Å². The largest absolute Gasteiger partial charge is 0.423 e. The van der Waals surface area contributed by atoms with Gasteiger partial charge >= 0.3 is 5.97 Å².